The Hall–Kier alpha value is -1.40. The summed E-state index contributed by atoms with van der Waals surface area (Å²) in [6.45, 7) is 0. The maximum atomic E-state index is 6.05. The quantitative estimate of drug-likeness (QED) is 0.936. The number of hydrogen-bond donors (Lipinski definition) is 1. The van der Waals surface area contributed by atoms with E-state index in [4.69, 9.17) is 15.0 Å². The van der Waals surface area contributed by atoms with E-state index in [-0.39, 0.29) is 6.04 Å². The van der Waals surface area contributed by atoms with Crippen LogP contribution in [0.2, 0.25) is 0 Å². The number of halogens is 1. The first-order chi connectivity index (χ1) is 9.19. The summed E-state index contributed by atoms with van der Waals surface area (Å²) in [5, 5.41) is 3.97. The van der Waals surface area contributed by atoms with Gasteiger partial charge < -0.3 is 15.0 Å². The summed E-state index contributed by atoms with van der Waals surface area (Å²) < 4.78 is 11.3. The molecule has 0 amide bonds. The molecule has 19 heavy (non-hydrogen) atoms. The van der Waals surface area contributed by atoms with Crippen LogP contribution in [0.1, 0.15) is 24.7 Å². The van der Waals surface area contributed by atoms with Crippen molar-refractivity contribution in [3.05, 3.63) is 28.5 Å². The fraction of sp³-hybridized carbons (Fsp3) is 0.385. The van der Waals surface area contributed by atoms with Gasteiger partial charge in [0.2, 0.25) is 0 Å². The minimum atomic E-state index is -0.112. The molecule has 2 N–H and O–H groups in total. The summed E-state index contributed by atoms with van der Waals surface area (Å²) in [6, 6.07) is 5.51. The fourth-order valence-electron chi connectivity index (χ4n) is 1.95. The second kappa shape index (κ2) is 4.94. The average molecular weight is 324 g/mol. The summed E-state index contributed by atoms with van der Waals surface area (Å²) in [7, 11) is 1.62. The van der Waals surface area contributed by atoms with E-state index in [1.165, 1.54) is 0 Å². The van der Waals surface area contributed by atoms with Crippen LogP contribution in [0.3, 0.4) is 0 Å². The highest BCUT2D eigenvalue weighted by Gasteiger charge is 2.32. The van der Waals surface area contributed by atoms with E-state index in [0.717, 1.165) is 28.6 Å². The lowest BCUT2D eigenvalue weighted by Crippen LogP contribution is -2.13. The molecular weight excluding hydrogens is 310 g/mol. The molecule has 1 fully saturated rings. The first-order valence-corrected chi connectivity index (χ1v) is 6.91. The number of rotatable bonds is 4. The van der Waals surface area contributed by atoms with Crippen LogP contribution in [-0.4, -0.2) is 17.3 Å². The van der Waals surface area contributed by atoms with E-state index in [2.05, 4.69) is 26.1 Å². The van der Waals surface area contributed by atoms with Gasteiger partial charge in [0.25, 0.3) is 5.89 Å². The number of ether oxygens (including phenoxy) is 1. The first kappa shape index (κ1) is 12.6. The molecule has 6 heteroatoms. The summed E-state index contributed by atoms with van der Waals surface area (Å²) in [4.78, 5) is 4.37. The number of hydrogen-bond acceptors (Lipinski definition) is 5. The molecule has 100 valence electrons. The van der Waals surface area contributed by atoms with E-state index >= 15 is 0 Å². The first-order valence-electron chi connectivity index (χ1n) is 6.12. The van der Waals surface area contributed by atoms with E-state index in [1.54, 1.807) is 7.11 Å². The molecule has 1 aromatic carbocycles. The zero-order valence-corrected chi connectivity index (χ0v) is 12.1. The van der Waals surface area contributed by atoms with E-state index in [9.17, 15) is 0 Å². The van der Waals surface area contributed by atoms with Crippen molar-refractivity contribution < 1.29 is 9.26 Å². The van der Waals surface area contributed by atoms with Gasteiger partial charge in [0.15, 0.2) is 5.82 Å². The van der Waals surface area contributed by atoms with Gasteiger partial charge in [-0.3, -0.25) is 0 Å². The van der Waals surface area contributed by atoms with Gasteiger partial charge in [0.1, 0.15) is 5.75 Å². The fourth-order valence-corrected chi connectivity index (χ4v) is 2.49. The van der Waals surface area contributed by atoms with Crippen LogP contribution in [0, 0.1) is 5.92 Å². The molecule has 1 heterocycles. The topological polar surface area (TPSA) is 74.2 Å². The molecule has 0 radical (unpaired) electrons. The Bertz CT molecular complexity index is 595. The smallest absolute Gasteiger partial charge is 0.258 e. The largest absolute Gasteiger partial charge is 0.496 e. The van der Waals surface area contributed by atoms with Crippen molar-refractivity contribution in [3.63, 3.8) is 0 Å². The van der Waals surface area contributed by atoms with Gasteiger partial charge in [-0.2, -0.15) is 4.98 Å². The maximum absolute atomic E-state index is 6.05. The normalized spacial score (nSPS) is 16.4. The molecular formula is C13H14BrN3O2. The van der Waals surface area contributed by atoms with Gasteiger partial charge >= 0.3 is 0 Å². The molecule has 2 aromatic rings. The lowest BCUT2D eigenvalue weighted by molar-refractivity contribution is 0.409. The monoisotopic (exact) mass is 323 g/mol. The van der Waals surface area contributed by atoms with Crippen molar-refractivity contribution >= 4 is 15.9 Å². The van der Waals surface area contributed by atoms with E-state index in [0.29, 0.717) is 17.6 Å². The Morgan fingerprint density at radius 3 is 2.89 bits per heavy atom. The lowest BCUT2D eigenvalue weighted by atomic mass is 10.2. The Labute approximate surface area is 119 Å². The Balaban J connectivity index is 1.87. The molecule has 5 nitrogen and oxygen atoms in total. The predicted molar refractivity (Wildman–Crippen MR) is 73.6 cm³/mol. The number of methoxy groups -OCH3 is 1. The average Bonchev–Trinajstić information content (AvgIpc) is 3.15. The molecule has 0 spiro atoms. The van der Waals surface area contributed by atoms with Crippen LogP contribution in [-0.2, 0) is 0 Å². The summed E-state index contributed by atoms with van der Waals surface area (Å²) in [6.07, 6.45) is 2.30. The van der Waals surface area contributed by atoms with E-state index < -0.39 is 0 Å². The molecule has 0 bridgehead atoms. The number of nitrogens with two attached hydrogens (primary N) is 1. The predicted octanol–water partition coefficient (Wildman–Crippen LogP) is 2.92. The number of benzene rings is 1. The molecule has 1 atom stereocenters. The van der Waals surface area contributed by atoms with Gasteiger partial charge in [-0.05, 0) is 52.9 Å². The third kappa shape index (κ3) is 2.50. The molecule has 3 rings (SSSR count). The van der Waals surface area contributed by atoms with Crippen LogP contribution in [0.5, 0.6) is 5.75 Å². The number of nitrogens with zero attached hydrogens (tertiary/aromatic N) is 2. The van der Waals surface area contributed by atoms with Crippen molar-refractivity contribution in [3.8, 4) is 17.2 Å². The highest BCUT2D eigenvalue weighted by atomic mass is 79.9. The van der Waals surface area contributed by atoms with Crippen molar-refractivity contribution in [1.29, 1.82) is 0 Å². The highest BCUT2D eigenvalue weighted by molar-refractivity contribution is 9.10. The zero-order chi connectivity index (χ0) is 13.4. The number of aromatic nitrogens is 2. The minimum Gasteiger partial charge on any atom is -0.496 e. The second-order valence-corrected chi connectivity index (χ2v) is 5.52. The van der Waals surface area contributed by atoms with Gasteiger partial charge in [0, 0.05) is 5.56 Å². The van der Waals surface area contributed by atoms with Crippen LogP contribution in [0.4, 0.5) is 0 Å². The van der Waals surface area contributed by atoms with Crippen molar-refractivity contribution in [2.75, 3.05) is 7.11 Å². The van der Waals surface area contributed by atoms with Gasteiger partial charge in [-0.15, -0.1) is 0 Å². The summed E-state index contributed by atoms with van der Waals surface area (Å²) in [5.74, 6) is 2.34. The van der Waals surface area contributed by atoms with Gasteiger partial charge in [-0.25, -0.2) is 0 Å². The zero-order valence-electron chi connectivity index (χ0n) is 10.5. The Kier molecular flexibility index (Phi) is 3.28. The molecule has 0 saturated heterocycles. The van der Waals surface area contributed by atoms with Crippen molar-refractivity contribution in [1.82, 2.24) is 10.1 Å². The van der Waals surface area contributed by atoms with Crippen molar-refractivity contribution in [2.45, 2.75) is 18.9 Å². The molecule has 1 saturated carbocycles. The highest BCUT2D eigenvalue weighted by Crippen LogP contribution is 2.39. The van der Waals surface area contributed by atoms with Gasteiger partial charge in [-0.1, -0.05) is 5.16 Å². The SMILES string of the molecule is COc1ccc(-c2nc(C(N)C3CC3)no2)cc1Br. The summed E-state index contributed by atoms with van der Waals surface area (Å²) >= 11 is 3.43. The van der Waals surface area contributed by atoms with Crippen LogP contribution in [0.15, 0.2) is 27.2 Å². The minimum absolute atomic E-state index is 0.112. The third-order valence-corrected chi connectivity index (χ3v) is 3.89. The molecule has 1 unspecified atom stereocenters. The van der Waals surface area contributed by atoms with Crippen molar-refractivity contribution in [2.24, 2.45) is 11.7 Å². The molecule has 1 aliphatic rings. The third-order valence-electron chi connectivity index (χ3n) is 3.27. The Morgan fingerprint density at radius 1 is 1.47 bits per heavy atom. The molecule has 1 aliphatic carbocycles. The van der Waals surface area contributed by atoms with Crippen LogP contribution < -0.4 is 10.5 Å². The van der Waals surface area contributed by atoms with E-state index in [1.807, 2.05) is 18.2 Å². The Morgan fingerprint density at radius 2 is 2.26 bits per heavy atom. The lowest BCUT2D eigenvalue weighted by Gasteiger charge is -2.03. The molecule has 0 aliphatic heterocycles. The molecule has 1 aromatic heterocycles. The second-order valence-electron chi connectivity index (χ2n) is 4.67. The standard InChI is InChI=1S/C13H14BrN3O2/c1-18-10-5-4-8(6-9(10)14)13-16-12(17-19-13)11(15)7-2-3-7/h4-7,11H,2-3,15H2,1H3. The summed E-state index contributed by atoms with van der Waals surface area (Å²) in [5.41, 5.74) is 6.90. The van der Waals surface area contributed by atoms with Gasteiger partial charge in [0.05, 0.1) is 17.6 Å². The van der Waals surface area contributed by atoms with Crippen LogP contribution >= 0.6 is 15.9 Å². The maximum Gasteiger partial charge on any atom is 0.258 e. The van der Waals surface area contributed by atoms with Crippen LogP contribution in [0.25, 0.3) is 11.5 Å².